The van der Waals surface area contributed by atoms with Crippen molar-refractivity contribution in [1.29, 1.82) is 0 Å². The molecule has 136 valence electrons. The van der Waals surface area contributed by atoms with Gasteiger partial charge in [-0.1, -0.05) is 25.5 Å². The largest absolute Gasteiger partial charge is 0.479 e. The van der Waals surface area contributed by atoms with Gasteiger partial charge in [0.05, 0.1) is 6.10 Å². The number of allylic oxidation sites excluding steroid dienone is 4. The molecule has 0 bridgehead atoms. The lowest BCUT2D eigenvalue weighted by Crippen LogP contribution is -2.61. The van der Waals surface area contributed by atoms with Crippen LogP contribution in [-0.4, -0.2) is 38.8 Å². The number of carboxylic acids is 1. The molecular formula is C20H26O5. The minimum atomic E-state index is -1.76. The van der Waals surface area contributed by atoms with Crippen molar-refractivity contribution in [3.63, 3.8) is 0 Å². The number of rotatable bonds is 1. The minimum Gasteiger partial charge on any atom is -0.479 e. The van der Waals surface area contributed by atoms with Crippen LogP contribution in [0.4, 0.5) is 0 Å². The highest BCUT2D eigenvalue weighted by atomic mass is 16.4. The second-order valence-electron chi connectivity index (χ2n) is 8.92. The number of carboxylic acid groups (broad SMARTS) is 1. The zero-order valence-electron chi connectivity index (χ0n) is 14.7. The van der Waals surface area contributed by atoms with Crippen LogP contribution in [0.2, 0.25) is 0 Å². The van der Waals surface area contributed by atoms with E-state index >= 15 is 0 Å². The van der Waals surface area contributed by atoms with E-state index in [1.807, 2.05) is 13.0 Å². The molecule has 0 aromatic rings. The number of fused-ring (bicyclic) bond motifs is 5. The molecule has 0 heterocycles. The molecule has 0 aromatic heterocycles. The number of ketones is 1. The Labute approximate surface area is 147 Å². The van der Waals surface area contributed by atoms with Crippen LogP contribution in [-0.2, 0) is 9.59 Å². The summed E-state index contributed by atoms with van der Waals surface area (Å²) < 4.78 is 0. The maximum absolute atomic E-state index is 11.8. The normalized spacial score (nSPS) is 51.4. The third-order valence-corrected chi connectivity index (χ3v) is 8.00. The Kier molecular flexibility index (Phi) is 3.42. The van der Waals surface area contributed by atoms with E-state index in [9.17, 15) is 24.9 Å². The van der Waals surface area contributed by atoms with Gasteiger partial charge in [0.2, 0.25) is 0 Å². The molecule has 0 amide bonds. The molecule has 0 radical (unpaired) electrons. The number of aliphatic hydroxyl groups is 2. The van der Waals surface area contributed by atoms with Crippen LogP contribution in [0, 0.1) is 28.6 Å². The summed E-state index contributed by atoms with van der Waals surface area (Å²) in [5.41, 5.74) is -1.86. The zero-order chi connectivity index (χ0) is 18.2. The molecule has 4 aliphatic carbocycles. The summed E-state index contributed by atoms with van der Waals surface area (Å²) in [5, 5.41) is 31.6. The number of carbonyl (C=O) groups is 2. The second-order valence-corrected chi connectivity index (χ2v) is 8.92. The predicted octanol–water partition coefficient (Wildman–Crippen LogP) is 2.08. The van der Waals surface area contributed by atoms with Gasteiger partial charge in [0.15, 0.2) is 11.4 Å². The second kappa shape index (κ2) is 5.04. The van der Waals surface area contributed by atoms with Gasteiger partial charge in [0.25, 0.3) is 0 Å². The summed E-state index contributed by atoms with van der Waals surface area (Å²) in [4.78, 5) is 23.6. The van der Waals surface area contributed by atoms with Crippen molar-refractivity contribution in [2.75, 3.05) is 0 Å². The van der Waals surface area contributed by atoms with Crippen molar-refractivity contribution in [3.8, 4) is 0 Å². The highest BCUT2D eigenvalue weighted by Gasteiger charge is 2.68. The Morgan fingerprint density at radius 1 is 1.28 bits per heavy atom. The Bertz CT molecular complexity index is 709. The van der Waals surface area contributed by atoms with E-state index in [4.69, 9.17) is 0 Å². The number of carbonyl (C=O) groups excluding carboxylic acids is 1. The first-order chi connectivity index (χ1) is 11.6. The van der Waals surface area contributed by atoms with E-state index in [1.165, 1.54) is 0 Å². The molecule has 3 N–H and O–H groups in total. The summed E-state index contributed by atoms with van der Waals surface area (Å²) in [6, 6.07) is 0. The average Bonchev–Trinajstić information content (AvgIpc) is 2.80. The van der Waals surface area contributed by atoms with Crippen molar-refractivity contribution < 1.29 is 24.9 Å². The smallest absolute Gasteiger partial charge is 0.336 e. The molecule has 4 aliphatic rings. The van der Waals surface area contributed by atoms with Crippen LogP contribution in [0.3, 0.4) is 0 Å². The Hall–Kier alpha value is -1.46. The van der Waals surface area contributed by atoms with E-state index in [0.717, 1.165) is 18.4 Å². The number of aliphatic hydroxyl groups excluding tert-OH is 1. The number of hydrogen-bond acceptors (Lipinski definition) is 4. The van der Waals surface area contributed by atoms with E-state index in [1.54, 1.807) is 12.2 Å². The minimum absolute atomic E-state index is 0.00202. The van der Waals surface area contributed by atoms with Crippen LogP contribution >= 0.6 is 0 Å². The molecule has 0 aliphatic heterocycles. The van der Waals surface area contributed by atoms with E-state index in [-0.39, 0.29) is 41.8 Å². The van der Waals surface area contributed by atoms with Crippen molar-refractivity contribution in [1.82, 2.24) is 0 Å². The van der Waals surface area contributed by atoms with Crippen molar-refractivity contribution in [3.05, 3.63) is 23.8 Å². The maximum atomic E-state index is 11.8. The van der Waals surface area contributed by atoms with Gasteiger partial charge in [-0.25, -0.2) is 4.79 Å². The monoisotopic (exact) mass is 346 g/mol. The van der Waals surface area contributed by atoms with Gasteiger partial charge < -0.3 is 15.3 Å². The predicted molar refractivity (Wildman–Crippen MR) is 90.6 cm³/mol. The zero-order valence-corrected chi connectivity index (χ0v) is 14.7. The Balaban J connectivity index is 1.76. The average molecular weight is 346 g/mol. The standard InChI is InChI=1S/C20H26O5/c1-18-7-5-12(21)9-11(18)3-4-13-14-6-8-20(25,17(23)24)19(14,2)10-15(22)16(13)18/h5,7,9,13-16,22,25H,3-4,6,8,10H2,1-2H3,(H,23,24)/t13-,14?,15-,16?,18-,19-,20-/m0/s1. The third-order valence-electron chi connectivity index (χ3n) is 8.00. The van der Waals surface area contributed by atoms with Gasteiger partial charge in [-0.05, 0) is 56.1 Å². The lowest BCUT2D eigenvalue weighted by molar-refractivity contribution is -0.192. The van der Waals surface area contributed by atoms with E-state index in [2.05, 4.69) is 6.92 Å². The quantitative estimate of drug-likeness (QED) is 0.676. The molecule has 0 aromatic carbocycles. The first-order valence-electron chi connectivity index (χ1n) is 9.21. The summed E-state index contributed by atoms with van der Waals surface area (Å²) in [6.07, 6.45) is 7.37. The van der Waals surface area contributed by atoms with Crippen LogP contribution in [0.15, 0.2) is 23.8 Å². The van der Waals surface area contributed by atoms with Crippen molar-refractivity contribution >= 4 is 11.8 Å². The van der Waals surface area contributed by atoms with Gasteiger partial charge in [0, 0.05) is 16.7 Å². The molecule has 25 heavy (non-hydrogen) atoms. The van der Waals surface area contributed by atoms with Crippen molar-refractivity contribution in [2.24, 2.45) is 28.6 Å². The molecule has 0 spiro atoms. The molecule has 5 nitrogen and oxygen atoms in total. The third kappa shape index (κ3) is 1.97. The van der Waals surface area contributed by atoms with Gasteiger partial charge in [0.1, 0.15) is 0 Å². The molecule has 0 saturated heterocycles. The molecule has 3 fully saturated rings. The fourth-order valence-corrected chi connectivity index (χ4v) is 6.68. The lowest BCUT2D eigenvalue weighted by Gasteiger charge is -2.59. The lowest BCUT2D eigenvalue weighted by atomic mass is 9.46. The highest BCUT2D eigenvalue weighted by molar-refractivity contribution is 6.01. The van der Waals surface area contributed by atoms with Crippen molar-refractivity contribution in [2.45, 2.75) is 57.7 Å². The van der Waals surface area contributed by atoms with E-state index in [0.29, 0.717) is 6.42 Å². The fourth-order valence-electron chi connectivity index (χ4n) is 6.68. The van der Waals surface area contributed by atoms with Gasteiger partial charge in [-0.2, -0.15) is 0 Å². The first kappa shape index (κ1) is 17.0. The van der Waals surface area contributed by atoms with Gasteiger partial charge in [-0.3, -0.25) is 4.79 Å². The topological polar surface area (TPSA) is 94.8 Å². The first-order valence-corrected chi connectivity index (χ1v) is 9.21. The molecule has 5 heteroatoms. The SMILES string of the molecule is C[C@]12C=CC(=O)C=C1CC[C@@H]1C2[C@@H](O)C[C@@]2(C)C1CC[C@]2(O)C(=O)O. The number of aliphatic carboxylic acids is 1. The van der Waals surface area contributed by atoms with Gasteiger partial charge in [-0.15, -0.1) is 0 Å². The van der Waals surface area contributed by atoms with Gasteiger partial charge >= 0.3 is 5.97 Å². The molecule has 3 saturated carbocycles. The highest BCUT2D eigenvalue weighted by Crippen LogP contribution is 2.66. The van der Waals surface area contributed by atoms with Crippen LogP contribution in [0.5, 0.6) is 0 Å². The summed E-state index contributed by atoms with van der Waals surface area (Å²) >= 11 is 0. The fraction of sp³-hybridized carbons (Fsp3) is 0.700. The molecule has 7 atom stereocenters. The summed E-state index contributed by atoms with van der Waals surface area (Å²) in [6.45, 7) is 3.93. The Morgan fingerprint density at radius 3 is 2.68 bits per heavy atom. The van der Waals surface area contributed by atoms with Crippen LogP contribution in [0.1, 0.15) is 46.0 Å². The Morgan fingerprint density at radius 2 is 2.00 bits per heavy atom. The summed E-state index contributed by atoms with van der Waals surface area (Å²) in [5.74, 6) is -0.976. The molecular weight excluding hydrogens is 320 g/mol. The van der Waals surface area contributed by atoms with Crippen LogP contribution in [0.25, 0.3) is 0 Å². The van der Waals surface area contributed by atoms with E-state index < -0.39 is 23.1 Å². The molecule has 4 rings (SSSR count). The summed E-state index contributed by atoms with van der Waals surface area (Å²) in [7, 11) is 0. The number of hydrogen-bond donors (Lipinski definition) is 3. The van der Waals surface area contributed by atoms with Crippen LogP contribution < -0.4 is 0 Å². The molecule has 2 unspecified atom stereocenters. The maximum Gasteiger partial charge on any atom is 0.336 e.